The molecular formula is C14H17ClFNO. The first kappa shape index (κ1) is 12.2. The molecule has 98 valence electrons. The van der Waals surface area contributed by atoms with Crippen molar-refractivity contribution in [2.24, 2.45) is 11.8 Å². The summed E-state index contributed by atoms with van der Waals surface area (Å²) in [5.74, 6) is 2.27. The van der Waals surface area contributed by atoms with Gasteiger partial charge in [-0.1, -0.05) is 0 Å². The molecule has 2 nitrogen and oxygen atoms in total. The lowest BCUT2D eigenvalue weighted by molar-refractivity contribution is 0.296. The van der Waals surface area contributed by atoms with E-state index in [9.17, 15) is 4.39 Å². The molecule has 0 bridgehead atoms. The number of benzene rings is 1. The van der Waals surface area contributed by atoms with Crippen LogP contribution in [0.3, 0.4) is 0 Å². The van der Waals surface area contributed by atoms with E-state index in [0.717, 1.165) is 30.9 Å². The van der Waals surface area contributed by atoms with Crippen molar-refractivity contribution in [1.29, 1.82) is 0 Å². The summed E-state index contributed by atoms with van der Waals surface area (Å²) in [5, 5.41) is 0. The Morgan fingerprint density at radius 1 is 1.39 bits per heavy atom. The van der Waals surface area contributed by atoms with Crippen LogP contribution in [-0.4, -0.2) is 13.2 Å². The second-order valence-corrected chi connectivity index (χ2v) is 5.64. The van der Waals surface area contributed by atoms with Gasteiger partial charge in [0.15, 0.2) is 0 Å². The van der Waals surface area contributed by atoms with Gasteiger partial charge in [0.25, 0.3) is 0 Å². The summed E-state index contributed by atoms with van der Waals surface area (Å²) in [6, 6.07) is 4.85. The zero-order valence-electron chi connectivity index (χ0n) is 10.2. The molecule has 0 aromatic heterocycles. The molecule has 2 atom stereocenters. The second-order valence-electron chi connectivity index (χ2n) is 5.38. The fraction of sp³-hybridized carbons (Fsp3) is 0.571. The van der Waals surface area contributed by atoms with Crippen molar-refractivity contribution in [2.45, 2.75) is 25.2 Å². The lowest BCUT2D eigenvalue weighted by Crippen LogP contribution is -2.05. The molecule has 1 aromatic carbocycles. The molecule has 0 heterocycles. The van der Waals surface area contributed by atoms with Crippen LogP contribution in [0.1, 0.15) is 30.7 Å². The Morgan fingerprint density at radius 2 is 2.22 bits per heavy atom. The van der Waals surface area contributed by atoms with Crippen LogP contribution >= 0.6 is 11.8 Å². The van der Waals surface area contributed by atoms with Crippen LogP contribution in [0.15, 0.2) is 18.2 Å². The van der Waals surface area contributed by atoms with E-state index in [2.05, 4.69) is 4.84 Å². The maximum Gasteiger partial charge on any atom is 0.123 e. The van der Waals surface area contributed by atoms with Crippen LogP contribution in [-0.2, 0) is 0 Å². The number of rotatable bonds is 6. The van der Waals surface area contributed by atoms with Gasteiger partial charge in [0.1, 0.15) is 11.6 Å². The van der Waals surface area contributed by atoms with Crippen LogP contribution in [0.5, 0.6) is 5.75 Å². The largest absolute Gasteiger partial charge is 0.493 e. The van der Waals surface area contributed by atoms with E-state index < -0.39 is 0 Å². The van der Waals surface area contributed by atoms with Gasteiger partial charge in [0.2, 0.25) is 0 Å². The molecule has 2 saturated carbocycles. The Kier molecular flexibility index (Phi) is 3.44. The van der Waals surface area contributed by atoms with Crippen molar-refractivity contribution in [3.8, 4) is 5.75 Å². The van der Waals surface area contributed by atoms with Crippen molar-refractivity contribution in [3.63, 3.8) is 0 Å². The number of ether oxygens (including phenoxy) is 1. The predicted octanol–water partition coefficient (Wildman–Crippen LogP) is 3.46. The van der Waals surface area contributed by atoms with Gasteiger partial charge < -0.3 is 4.74 Å². The van der Waals surface area contributed by atoms with Crippen LogP contribution in [0.2, 0.25) is 0 Å². The number of hydrogen-bond donors (Lipinski definition) is 1. The molecular weight excluding hydrogens is 253 g/mol. The average Bonchev–Trinajstić information content (AvgIpc) is 3.23. The Morgan fingerprint density at radius 3 is 2.94 bits per heavy atom. The van der Waals surface area contributed by atoms with Crippen LogP contribution in [0.4, 0.5) is 4.39 Å². The number of nitrogens with one attached hydrogen (secondary N) is 1. The second kappa shape index (κ2) is 5.06. The third-order valence-electron chi connectivity index (χ3n) is 3.80. The average molecular weight is 270 g/mol. The first-order valence-electron chi connectivity index (χ1n) is 6.53. The van der Waals surface area contributed by atoms with Crippen molar-refractivity contribution in [1.82, 2.24) is 4.84 Å². The summed E-state index contributed by atoms with van der Waals surface area (Å²) < 4.78 is 19.2. The molecule has 2 aliphatic carbocycles. The van der Waals surface area contributed by atoms with Crippen molar-refractivity contribution >= 4 is 11.8 Å². The normalized spacial score (nSPS) is 26.1. The Hall–Kier alpha value is -0.800. The smallest absolute Gasteiger partial charge is 0.123 e. The molecule has 2 unspecified atom stereocenters. The first-order chi connectivity index (χ1) is 8.78. The molecule has 2 aliphatic rings. The molecule has 0 radical (unpaired) electrons. The molecule has 4 heteroatoms. The van der Waals surface area contributed by atoms with Gasteiger partial charge in [0, 0.05) is 12.1 Å². The van der Waals surface area contributed by atoms with Gasteiger partial charge in [-0.15, -0.1) is 0 Å². The highest BCUT2D eigenvalue weighted by Crippen LogP contribution is 2.50. The van der Waals surface area contributed by atoms with Crippen molar-refractivity contribution in [3.05, 3.63) is 29.6 Å². The van der Waals surface area contributed by atoms with Gasteiger partial charge in [-0.2, -0.15) is 0 Å². The van der Waals surface area contributed by atoms with Gasteiger partial charge in [-0.25, -0.2) is 9.23 Å². The zero-order valence-corrected chi connectivity index (χ0v) is 10.9. The lowest BCUT2D eigenvalue weighted by atomic mass is 10.1. The maximum absolute atomic E-state index is 13.4. The molecule has 0 spiro atoms. The molecule has 3 rings (SSSR count). The minimum absolute atomic E-state index is 0.187. The topological polar surface area (TPSA) is 21.3 Å². The predicted molar refractivity (Wildman–Crippen MR) is 69.3 cm³/mol. The SMILES string of the molecule is Fc1ccc(OCC2CC2)c(C2CC2CNCl)c1. The van der Waals surface area contributed by atoms with Crippen LogP contribution in [0, 0.1) is 17.7 Å². The molecule has 0 saturated heterocycles. The third kappa shape index (κ3) is 2.78. The molecule has 0 aliphatic heterocycles. The zero-order chi connectivity index (χ0) is 12.5. The number of halogens is 2. The molecule has 1 N–H and O–H groups in total. The number of hydrogen-bond acceptors (Lipinski definition) is 2. The van der Waals surface area contributed by atoms with Gasteiger partial charge in [0.05, 0.1) is 6.61 Å². The fourth-order valence-electron chi connectivity index (χ4n) is 2.39. The molecule has 18 heavy (non-hydrogen) atoms. The summed E-state index contributed by atoms with van der Waals surface area (Å²) in [7, 11) is 0. The van der Waals surface area contributed by atoms with E-state index in [1.807, 2.05) is 0 Å². The quantitative estimate of drug-likeness (QED) is 0.799. The van der Waals surface area contributed by atoms with E-state index in [4.69, 9.17) is 16.5 Å². The van der Waals surface area contributed by atoms with Gasteiger partial charge >= 0.3 is 0 Å². The minimum atomic E-state index is -0.187. The Labute approximate surface area is 112 Å². The Balaban J connectivity index is 1.71. The minimum Gasteiger partial charge on any atom is -0.493 e. The Bertz CT molecular complexity index is 436. The van der Waals surface area contributed by atoms with Crippen molar-refractivity contribution < 1.29 is 9.13 Å². The third-order valence-corrected chi connectivity index (χ3v) is 3.96. The maximum atomic E-state index is 13.4. The van der Waals surface area contributed by atoms with Gasteiger partial charge in [-0.3, -0.25) is 0 Å². The molecule has 1 aromatic rings. The highest BCUT2D eigenvalue weighted by molar-refractivity contribution is 6.13. The van der Waals surface area contributed by atoms with E-state index in [0.29, 0.717) is 17.8 Å². The van der Waals surface area contributed by atoms with E-state index >= 15 is 0 Å². The lowest BCUT2D eigenvalue weighted by Gasteiger charge is -2.11. The fourth-order valence-corrected chi connectivity index (χ4v) is 2.58. The summed E-state index contributed by atoms with van der Waals surface area (Å²) in [4.78, 5) is 2.66. The highest BCUT2D eigenvalue weighted by atomic mass is 35.5. The first-order valence-corrected chi connectivity index (χ1v) is 6.91. The highest BCUT2D eigenvalue weighted by Gasteiger charge is 2.40. The summed E-state index contributed by atoms with van der Waals surface area (Å²) in [6.45, 7) is 1.54. The van der Waals surface area contributed by atoms with E-state index in [1.54, 1.807) is 12.1 Å². The monoisotopic (exact) mass is 269 g/mol. The summed E-state index contributed by atoms with van der Waals surface area (Å²) >= 11 is 5.52. The standard InChI is InChI=1S/C14H17ClFNO/c15-17-7-10-5-12(10)13-6-11(16)3-4-14(13)18-8-9-1-2-9/h3-4,6,9-10,12,17H,1-2,5,7-8H2. The van der Waals surface area contributed by atoms with Crippen LogP contribution in [0.25, 0.3) is 0 Å². The van der Waals surface area contributed by atoms with E-state index in [1.165, 1.54) is 18.9 Å². The van der Waals surface area contributed by atoms with Crippen molar-refractivity contribution in [2.75, 3.05) is 13.2 Å². The van der Waals surface area contributed by atoms with Gasteiger partial charge in [-0.05, 0) is 67.0 Å². The summed E-state index contributed by atoms with van der Waals surface area (Å²) in [5.41, 5.74) is 1.01. The molecule has 0 amide bonds. The summed E-state index contributed by atoms with van der Waals surface area (Å²) in [6.07, 6.45) is 3.58. The van der Waals surface area contributed by atoms with E-state index in [-0.39, 0.29) is 5.82 Å². The molecule has 2 fully saturated rings. The van der Waals surface area contributed by atoms with Crippen LogP contribution < -0.4 is 9.57 Å².